The third-order valence-electron chi connectivity index (χ3n) is 4.46. The average Bonchev–Trinajstić information content (AvgIpc) is 2.50. The lowest BCUT2D eigenvalue weighted by molar-refractivity contribution is 0.147. The summed E-state index contributed by atoms with van der Waals surface area (Å²) in [6.45, 7) is 8.73. The zero-order valence-electron chi connectivity index (χ0n) is 14.1. The highest BCUT2D eigenvalue weighted by molar-refractivity contribution is 5.64. The molecule has 2 aromatic rings. The fraction of sp³-hybridized carbons (Fsp3) is 0.421. The van der Waals surface area contributed by atoms with Gasteiger partial charge in [-0.3, -0.25) is 9.88 Å². The zero-order chi connectivity index (χ0) is 16.4. The number of likely N-dealkylation sites (N-methyl/N-ethyl adjacent to an activating group) is 1. The van der Waals surface area contributed by atoms with E-state index in [0.29, 0.717) is 6.54 Å². The van der Waals surface area contributed by atoms with Crippen molar-refractivity contribution in [3.63, 3.8) is 0 Å². The topological polar surface area (TPSA) is 19.4 Å². The molecule has 0 atom stereocenters. The number of pyridine rings is 1. The second kappa shape index (κ2) is 6.77. The fourth-order valence-corrected chi connectivity index (χ4v) is 3.10. The molecule has 0 bridgehead atoms. The first kappa shape index (κ1) is 16.1. The highest BCUT2D eigenvalue weighted by Gasteiger charge is 2.16. The molecule has 0 aliphatic carbocycles. The largest absolute Gasteiger partial charge is 0.304 e. The Morgan fingerprint density at radius 1 is 0.957 bits per heavy atom. The minimum atomic E-state index is -0.117. The van der Waals surface area contributed by atoms with Gasteiger partial charge in [-0.05, 0) is 50.2 Å². The SMILES string of the molecule is Cc1cc(-c2ccc(CN3CCN(C)CC3)c(F)c2)cc(C)n1. The van der Waals surface area contributed by atoms with Crippen LogP contribution in [0.4, 0.5) is 4.39 Å². The van der Waals surface area contributed by atoms with E-state index in [1.54, 1.807) is 6.07 Å². The van der Waals surface area contributed by atoms with E-state index < -0.39 is 0 Å². The molecule has 1 aliphatic rings. The van der Waals surface area contributed by atoms with Gasteiger partial charge in [-0.15, -0.1) is 0 Å². The van der Waals surface area contributed by atoms with Crippen LogP contribution in [0.5, 0.6) is 0 Å². The van der Waals surface area contributed by atoms with Gasteiger partial charge in [0, 0.05) is 49.7 Å². The maximum absolute atomic E-state index is 14.5. The second-order valence-electron chi connectivity index (χ2n) is 6.52. The molecule has 0 spiro atoms. The van der Waals surface area contributed by atoms with Gasteiger partial charge in [-0.1, -0.05) is 12.1 Å². The van der Waals surface area contributed by atoms with Crippen molar-refractivity contribution < 1.29 is 4.39 Å². The summed E-state index contributed by atoms with van der Waals surface area (Å²) in [7, 11) is 2.13. The summed E-state index contributed by atoms with van der Waals surface area (Å²) < 4.78 is 14.5. The number of hydrogen-bond donors (Lipinski definition) is 0. The van der Waals surface area contributed by atoms with Crippen molar-refractivity contribution in [1.82, 2.24) is 14.8 Å². The molecule has 23 heavy (non-hydrogen) atoms. The lowest BCUT2D eigenvalue weighted by Crippen LogP contribution is -2.44. The third-order valence-corrected chi connectivity index (χ3v) is 4.46. The van der Waals surface area contributed by atoms with Crippen molar-refractivity contribution in [2.75, 3.05) is 33.2 Å². The molecule has 0 saturated carbocycles. The van der Waals surface area contributed by atoms with Gasteiger partial charge < -0.3 is 4.90 Å². The first-order chi connectivity index (χ1) is 11.0. The second-order valence-corrected chi connectivity index (χ2v) is 6.52. The Hall–Kier alpha value is -1.78. The van der Waals surface area contributed by atoms with Gasteiger partial charge in [0.2, 0.25) is 0 Å². The van der Waals surface area contributed by atoms with Crippen molar-refractivity contribution in [2.45, 2.75) is 20.4 Å². The molecule has 1 aliphatic heterocycles. The standard InChI is InChI=1S/C19H24FN3/c1-14-10-18(11-15(2)21-14)16-4-5-17(19(20)12-16)13-23-8-6-22(3)7-9-23/h4-5,10-12H,6-9,13H2,1-3H3. The minimum Gasteiger partial charge on any atom is -0.304 e. The van der Waals surface area contributed by atoms with Crippen molar-refractivity contribution in [3.8, 4) is 11.1 Å². The number of piperazine rings is 1. The third kappa shape index (κ3) is 3.95. The van der Waals surface area contributed by atoms with E-state index in [1.807, 2.05) is 38.1 Å². The van der Waals surface area contributed by atoms with Gasteiger partial charge in [-0.2, -0.15) is 0 Å². The van der Waals surface area contributed by atoms with Crippen LogP contribution in [-0.2, 0) is 6.54 Å². The Labute approximate surface area is 137 Å². The molecule has 1 aromatic heterocycles. The zero-order valence-corrected chi connectivity index (χ0v) is 14.1. The van der Waals surface area contributed by atoms with Gasteiger partial charge in [-0.25, -0.2) is 4.39 Å². The van der Waals surface area contributed by atoms with Crippen LogP contribution < -0.4 is 0 Å². The fourth-order valence-electron chi connectivity index (χ4n) is 3.10. The smallest absolute Gasteiger partial charge is 0.128 e. The Morgan fingerprint density at radius 2 is 1.61 bits per heavy atom. The van der Waals surface area contributed by atoms with Crippen LogP contribution in [0.2, 0.25) is 0 Å². The Kier molecular flexibility index (Phi) is 4.74. The minimum absolute atomic E-state index is 0.117. The van der Waals surface area contributed by atoms with E-state index >= 15 is 0 Å². The van der Waals surface area contributed by atoms with Crippen LogP contribution in [0.15, 0.2) is 30.3 Å². The molecule has 3 rings (SSSR count). The van der Waals surface area contributed by atoms with Crippen LogP contribution in [0.1, 0.15) is 17.0 Å². The highest BCUT2D eigenvalue weighted by atomic mass is 19.1. The van der Waals surface area contributed by atoms with Crippen molar-refractivity contribution >= 4 is 0 Å². The van der Waals surface area contributed by atoms with Crippen LogP contribution in [0, 0.1) is 19.7 Å². The van der Waals surface area contributed by atoms with Gasteiger partial charge in [0.15, 0.2) is 0 Å². The highest BCUT2D eigenvalue weighted by Crippen LogP contribution is 2.24. The molecule has 4 heteroatoms. The van der Waals surface area contributed by atoms with E-state index in [1.165, 1.54) is 0 Å². The summed E-state index contributed by atoms with van der Waals surface area (Å²) in [6, 6.07) is 9.60. The average molecular weight is 313 g/mol. The predicted molar refractivity (Wildman–Crippen MR) is 91.9 cm³/mol. The number of aryl methyl sites for hydroxylation is 2. The first-order valence-corrected chi connectivity index (χ1v) is 8.16. The van der Waals surface area contributed by atoms with Crippen molar-refractivity contribution in [1.29, 1.82) is 0 Å². The van der Waals surface area contributed by atoms with Gasteiger partial charge in [0.25, 0.3) is 0 Å². The van der Waals surface area contributed by atoms with E-state index in [2.05, 4.69) is 21.8 Å². The Bertz CT molecular complexity index is 671. The van der Waals surface area contributed by atoms with Crippen LogP contribution in [0.3, 0.4) is 0 Å². The maximum Gasteiger partial charge on any atom is 0.128 e. The van der Waals surface area contributed by atoms with Crippen LogP contribution in [-0.4, -0.2) is 48.0 Å². The molecule has 122 valence electrons. The number of rotatable bonds is 3. The number of benzene rings is 1. The monoisotopic (exact) mass is 313 g/mol. The van der Waals surface area contributed by atoms with Gasteiger partial charge >= 0.3 is 0 Å². The molecule has 0 N–H and O–H groups in total. The predicted octanol–water partition coefficient (Wildman–Crippen LogP) is 3.25. The molecule has 1 fully saturated rings. The van der Waals surface area contributed by atoms with Crippen LogP contribution in [0.25, 0.3) is 11.1 Å². The quantitative estimate of drug-likeness (QED) is 0.867. The first-order valence-electron chi connectivity index (χ1n) is 8.16. The molecular weight excluding hydrogens is 289 g/mol. The molecule has 1 aromatic carbocycles. The van der Waals surface area contributed by atoms with E-state index in [9.17, 15) is 4.39 Å². The number of hydrogen-bond acceptors (Lipinski definition) is 3. The summed E-state index contributed by atoms with van der Waals surface area (Å²) in [4.78, 5) is 9.01. The molecule has 0 unspecified atom stereocenters. The Morgan fingerprint density at radius 3 is 2.22 bits per heavy atom. The normalized spacial score (nSPS) is 16.7. The molecular formula is C19H24FN3. The van der Waals surface area contributed by atoms with E-state index in [0.717, 1.165) is 54.3 Å². The summed E-state index contributed by atoms with van der Waals surface area (Å²) in [6.07, 6.45) is 0. The van der Waals surface area contributed by atoms with E-state index in [-0.39, 0.29) is 5.82 Å². The lowest BCUT2D eigenvalue weighted by atomic mass is 10.0. The number of nitrogens with zero attached hydrogens (tertiary/aromatic N) is 3. The number of halogens is 1. The van der Waals surface area contributed by atoms with Gasteiger partial charge in [0.1, 0.15) is 5.82 Å². The van der Waals surface area contributed by atoms with Crippen molar-refractivity contribution in [2.24, 2.45) is 0 Å². The Balaban J connectivity index is 1.78. The van der Waals surface area contributed by atoms with Crippen LogP contribution >= 0.6 is 0 Å². The summed E-state index contributed by atoms with van der Waals surface area (Å²) in [5, 5.41) is 0. The molecule has 0 amide bonds. The number of aromatic nitrogens is 1. The van der Waals surface area contributed by atoms with E-state index in [4.69, 9.17) is 0 Å². The molecule has 0 radical (unpaired) electrons. The van der Waals surface area contributed by atoms with Crippen molar-refractivity contribution in [3.05, 3.63) is 53.1 Å². The summed E-state index contributed by atoms with van der Waals surface area (Å²) in [5.41, 5.74) is 4.64. The lowest BCUT2D eigenvalue weighted by Gasteiger charge is -2.32. The summed E-state index contributed by atoms with van der Waals surface area (Å²) >= 11 is 0. The van der Waals surface area contributed by atoms with Gasteiger partial charge in [0.05, 0.1) is 0 Å². The molecule has 1 saturated heterocycles. The molecule has 3 nitrogen and oxygen atoms in total. The maximum atomic E-state index is 14.5. The summed E-state index contributed by atoms with van der Waals surface area (Å²) in [5.74, 6) is -0.117. The molecule has 2 heterocycles.